The van der Waals surface area contributed by atoms with Crippen molar-refractivity contribution in [2.75, 3.05) is 17.3 Å². The number of methoxy groups -OCH3 is 1. The SMILES string of the molecule is COc1ccc2c(c1)c(CC(O)N(C(=O)Nc1ccc([N+](=O)[O-])cc1)c1ccc([N+](=O)[O-])cc1)c(C)n2C(=O)c1ccc(Cl)cc1. The number of benzene rings is 4. The molecule has 0 saturated heterocycles. The number of fused-ring (bicyclic) bond motifs is 1. The van der Waals surface area contributed by atoms with Gasteiger partial charge in [-0.1, -0.05) is 11.6 Å². The summed E-state index contributed by atoms with van der Waals surface area (Å²) in [5.41, 5.74) is 1.90. The summed E-state index contributed by atoms with van der Waals surface area (Å²) >= 11 is 6.03. The van der Waals surface area contributed by atoms with Crippen LogP contribution < -0.4 is 15.0 Å². The van der Waals surface area contributed by atoms with E-state index < -0.39 is 22.1 Å². The van der Waals surface area contributed by atoms with Crippen molar-refractivity contribution in [3.8, 4) is 5.75 Å². The van der Waals surface area contributed by atoms with Crippen LogP contribution in [0.3, 0.4) is 0 Å². The Morgan fingerprint density at radius 2 is 1.52 bits per heavy atom. The van der Waals surface area contributed by atoms with E-state index in [2.05, 4.69) is 5.32 Å². The quantitative estimate of drug-likeness (QED) is 0.101. The molecular weight excluding hydrogens is 618 g/mol. The van der Waals surface area contributed by atoms with Crippen LogP contribution >= 0.6 is 11.6 Å². The van der Waals surface area contributed by atoms with E-state index in [4.69, 9.17) is 16.3 Å². The molecular formula is C32H26ClN5O8. The molecule has 0 aliphatic heterocycles. The summed E-state index contributed by atoms with van der Waals surface area (Å²) < 4.78 is 6.93. The highest BCUT2D eigenvalue weighted by molar-refractivity contribution is 6.30. The van der Waals surface area contributed by atoms with Crippen LogP contribution in [0, 0.1) is 27.2 Å². The number of halogens is 1. The zero-order chi connectivity index (χ0) is 33.1. The van der Waals surface area contributed by atoms with E-state index >= 15 is 0 Å². The number of amides is 2. The molecule has 14 heteroatoms. The monoisotopic (exact) mass is 643 g/mol. The van der Waals surface area contributed by atoms with Crippen LogP contribution in [-0.2, 0) is 6.42 Å². The summed E-state index contributed by atoms with van der Waals surface area (Å²) in [4.78, 5) is 49.5. The second-order valence-corrected chi connectivity index (χ2v) is 10.6. The van der Waals surface area contributed by atoms with Gasteiger partial charge in [-0.15, -0.1) is 0 Å². The lowest BCUT2D eigenvalue weighted by atomic mass is 10.1. The number of nitrogens with one attached hydrogen (secondary N) is 1. The Labute approximate surface area is 266 Å². The van der Waals surface area contributed by atoms with E-state index in [1.165, 1.54) is 60.2 Å². The summed E-state index contributed by atoms with van der Waals surface area (Å²) in [5.74, 6) is 0.163. The highest BCUT2D eigenvalue weighted by Crippen LogP contribution is 2.33. The maximum Gasteiger partial charge on any atom is 0.328 e. The molecule has 5 rings (SSSR count). The number of anilines is 2. The fourth-order valence-corrected chi connectivity index (χ4v) is 5.24. The molecule has 1 atom stereocenters. The third-order valence-corrected chi connectivity index (χ3v) is 7.66. The minimum atomic E-state index is -1.55. The number of hydrogen-bond donors (Lipinski definition) is 2. The summed E-state index contributed by atoms with van der Waals surface area (Å²) in [6.07, 6.45) is -1.71. The van der Waals surface area contributed by atoms with Gasteiger partial charge in [-0.25, -0.2) is 4.79 Å². The highest BCUT2D eigenvalue weighted by Gasteiger charge is 2.29. The van der Waals surface area contributed by atoms with Crippen LogP contribution in [0.15, 0.2) is 91.0 Å². The molecule has 5 aromatic rings. The topological polar surface area (TPSA) is 170 Å². The lowest BCUT2D eigenvalue weighted by Crippen LogP contribution is -2.44. The van der Waals surface area contributed by atoms with Crippen LogP contribution in [0.4, 0.5) is 27.5 Å². The van der Waals surface area contributed by atoms with Crippen molar-refractivity contribution >= 4 is 57.2 Å². The first kappa shape index (κ1) is 31.6. The number of nitrogens with zero attached hydrogens (tertiary/aromatic N) is 4. The van der Waals surface area contributed by atoms with E-state index in [9.17, 15) is 34.9 Å². The molecule has 2 amide bonds. The van der Waals surface area contributed by atoms with Gasteiger partial charge in [0, 0.05) is 63.7 Å². The molecule has 0 bridgehead atoms. The summed E-state index contributed by atoms with van der Waals surface area (Å²) in [6.45, 7) is 1.72. The molecule has 13 nitrogen and oxygen atoms in total. The van der Waals surface area contributed by atoms with E-state index in [0.717, 1.165) is 4.90 Å². The maximum absolute atomic E-state index is 13.7. The van der Waals surface area contributed by atoms with E-state index in [1.54, 1.807) is 49.4 Å². The third kappa shape index (κ3) is 6.36. The molecule has 2 N–H and O–H groups in total. The molecule has 1 heterocycles. The van der Waals surface area contributed by atoms with Crippen molar-refractivity contribution in [1.29, 1.82) is 0 Å². The zero-order valence-corrected chi connectivity index (χ0v) is 25.2. The minimum absolute atomic E-state index is 0.133. The van der Waals surface area contributed by atoms with Gasteiger partial charge in [-0.2, -0.15) is 0 Å². The Bertz CT molecular complexity index is 1960. The molecule has 1 unspecified atom stereocenters. The number of hydrogen-bond acceptors (Lipinski definition) is 8. The number of non-ortho nitro benzene ring substituents is 2. The lowest BCUT2D eigenvalue weighted by molar-refractivity contribution is -0.385. The fourth-order valence-electron chi connectivity index (χ4n) is 5.11. The van der Waals surface area contributed by atoms with Crippen molar-refractivity contribution in [1.82, 2.24) is 4.57 Å². The smallest absolute Gasteiger partial charge is 0.328 e. The maximum atomic E-state index is 13.7. The van der Waals surface area contributed by atoms with Gasteiger partial charge in [0.15, 0.2) is 0 Å². The van der Waals surface area contributed by atoms with Crippen LogP contribution in [0.1, 0.15) is 21.6 Å². The fraction of sp³-hybridized carbons (Fsp3) is 0.125. The summed E-state index contributed by atoms with van der Waals surface area (Å²) in [7, 11) is 1.50. The predicted molar refractivity (Wildman–Crippen MR) is 172 cm³/mol. The van der Waals surface area contributed by atoms with Crippen LogP contribution in [0.2, 0.25) is 5.02 Å². The first-order chi connectivity index (χ1) is 22.0. The molecule has 234 valence electrons. The first-order valence-corrected chi connectivity index (χ1v) is 14.1. The van der Waals surface area contributed by atoms with Crippen molar-refractivity contribution in [2.45, 2.75) is 19.6 Å². The number of aliphatic hydroxyl groups is 1. The van der Waals surface area contributed by atoms with E-state index in [0.29, 0.717) is 38.5 Å². The highest BCUT2D eigenvalue weighted by atomic mass is 35.5. The van der Waals surface area contributed by atoms with Gasteiger partial charge >= 0.3 is 6.03 Å². The van der Waals surface area contributed by atoms with Gasteiger partial charge < -0.3 is 15.2 Å². The van der Waals surface area contributed by atoms with Gasteiger partial charge in [-0.05, 0) is 79.2 Å². The third-order valence-electron chi connectivity index (χ3n) is 7.41. The predicted octanol–water partition coefficient (Wildman–Crippen LogP) is 6.72. The number of aliphatic hydroxyl groups excluding tert-OH is 1. The number of nitro groups is 2. The number of aromatic nitrogens is 1. The van der Waals surface area contributed by atoms with Gasteiger partial charge in [0.1, 0.15) is 12.0 Å². The molecule has 0 aliphatic carbocycles. The minimum Gasteiger partial charge on any atom is -0.497 e. The van der Waals surface area contributed by atoms with Crippen molar-refractivity contribution in [3.63, 3.8) is 0 Å². The van der Waals surface area contributed by atoms with E-state index in [-0.39, 0.29) is 35.1 Å². The zero-order valence-electron chi connectivity index (χ0n) is 24.4. The van der Waals surface area contributed by atoms with Crippen LogP contribution in [-0.4, -0.2) is 44.8 Å². The Morgan fingerprint density at radius 3 is 2.09 bits per heavy atom. The van der Waals surface area contributed by atoms with Crippen LogP contribution in [0.5, 0.6) is 5.75 Å². The second-order valence-electron chi connectivity index (χ2n) is 10.2. The molecule has 0 radical (unpaired) electrons. The average molecular weight is 644 g/mol. The number of carbonyl (C=O) groups is 2. The normalized spacial score (nSPS) is 11.6. The van der Waals surface area contributed by atoms with Gasteiger partial charge in [0.05, 0.1) is 22.5 Å². The summed E-state index contributed by atoms with van der Waals surface area (Å²) in [5, 5.41) is 37.7. The molecule has 4 aromatic carbocycles. The largest absolute Gasteiger partial charge is 0.497 e. The van der Waals surface area contributed by atoms with Gasteiger partial charge in [0.25, 0.3) is 17.3 Å². The number of ether oxygens (including phenoxy) is 1. The van der Waals surface area contributed by atoms with E-state index in [1.807, 2.05) is 0 Å². The lowest BCUT2D eigenvalue weighted by Gasteiger charge is -2.28. The Balaban J connectivity index is 1.56. The second kappa shape index (κ2) is 13.1. The molecule has 0 aliphatic rings. The van der Waals surface area contributed by atoms with Crippen molar-refractivity contribution in [3.05, 3.63) is 133 Å². The number of rotatable bonds is 9. The van der Waals surface area contributed by atoms with Crippen LogP contribution in [0.25, 0.3) is 10.9 Å². The Kier molecular flexibility index (Phi) is 8.98. The van der Waals surface area contributed by atoms with Gasteiger partial charge in [-0.3, -0.25) is 34.5 Å². The molecule has 1 aromatic heterocycles. The molecule has 0 saturated carbocycles. The number of carbonyl (C=O) groups excluding carboxylic acids is 2. The molecule has 0 fully saturated rings. The average Bonchev–Trinajstić information content (AvgIpc) is 3.31. The van der Waals surface area contributed by atoms with Gasteiger partial charge in [0.2, 0.25) is 0 Å². The number of urea groups is 1. The Morgan fingerprint density at radius 1 is 0.935 bits per heavy atom. The molecule has 46 heavy (non-hydrogen) atoms. The van der Waals surface area contributed by atoms with Crippen molar-refractivity contribution in [2.24, 2.45) is 0 Å². The van der Waals surface area contributed by atoms with Crippen molar-refractivity contribution < 1.29 is 29.3 Å². The Hall–Kier alpha value is -5.79. The number of nitro benzene ring substituents is 2. The first-order valence-electron chi connectivity index (χ1n) is 13.7. The standard InChI is InChI=1S/C32H26ClN5O8/c1-19-27(28-17-26(46-2)15-16-29(28)35(19)31(40)20-3-5-21(33)6-4-20)18-30(39)36(23-11-13-25(14-12-23)38(44)45)32(41)34-22-7-9-24(10-8-22)37(42)43/h3-17,30,39H,18H2,1-2H3,(H,34,41). The summed E-state index contributed by atoms with van der Waals surface area (Å²) in [6, 6.07) is 20.9. The molecule has 0 spiro atoms.